The van der Waals surface area contributed by atoms with Gasteiger partial charge >= 0.3 is 0 Å². The summed E-state index contributed by atoms with van der Waals surface area (Å²) in [6.07, 6.45) is 1.09. The molecule has 1 heterocycles. The van der Waals surface area contributed by atoms with Crippen molar-refractivity contribution < 1.29 is 17.9 Å². The van der Waals surface area contributed by atoms with Crippen LogP contribution < -0.4 is 4.80 Å². The van der Waals surface area contributed by atoms with Crippen molar-refractivity contribution in [2.24, 2.45) is 4.99 Å². The van der Waals surface area contributed by atoms with Gasteiger partial charge in [0.25, 0.3) is 5.91 Å². The third-order valence-electron chi connectivity index (χ3n) is 4.10. The number of halogens is 2. The van der Waals surface area contributed by atoms with Crippen molar-refractivity contribution in [3.05, 3.63) is 56.8 Å². The summed E-state index contributed by atoms with van der Waals surface area (Å²) in [6.45, 7) is 3.30. The van der Waals surface area contributed by atoms with E-state index in [0.717, 1.165) is 6.26 Å². The number of fused-ring (bicyclic) bond motifs is 1. The smallest absolute Gasteiger partial charge is 0.279 e. The third-order valence-corrected chi connectivity index (χ3v) is 7.05. The first-order valence-corrected chi connectivity index (χ1v) is 12.1. The molecule has 3 aromatic rings. The molecule has 0 saturated carbocycles. The number of hydrogen-bond acceptors (Lipinski definition) is 5. The van der Waals surface area contributed by atoms with Crippen LogP contribution in [0.15, 0.2) is 46.3 Å². The molecule has 3 rings (SSSR count). The fourth-order valence-corrected chi connectivity index (χ4v) is 5.05. The van der Waals surface area contributed by atoms with Gasteiger partial charge in [0.2, 0.25) is 0 Å². The zero-order valence-electron chi connectivity index (χ0n) is 15.7. The second-order valence-electron chi connectivity index (χ2n) is 6.16. The number of benzene rings is 2. The van der Waals surface area contributed by atoms with Gasteiger partial charge in [0, 0.05) is 25.0 Å². The number of sulfone groups is 1. The van der Waals surface area contributed by atoms with Crippen molar-refractivity contribution in [2.45, 2.75) is 18.4 Å². The monoisotopic (exact) mass is 472 g/mol. The number of aromatic nitrogens is 1. The van der Waals surface area contributed by atoms with Gasteiger partial charge < -0.3 is 9.30 Å². The number of nitrogens with zero attached hydrogens (tertiary/aromatic N) is 2. The summed E-state index contributed by atoms with van der Waals surface area (Å²) < 4.78 is 31.5. The number of carbonyl (C=O) groups excluding carboxylic acids is 1. The zero-order chi connectivity index (χ0) is 21.2. The molecule has 10 heteroatoms. The number of amides is 1. The molecule has 0 bridgehead atoms. The van der Waals surface area contributed by atoms with Crippen molar-refractivity contribution in [2.75, 3.05) is 19.5 Å². The van der Waals surface area contributed by atoms with E-state index in [2.05, 4.69) is 4.99 Å². The molecule has 0 atom stereocenters. The Hall–Kier alpha value is -1.71. The Bertz CT molecular complexity index is 1250. The molecule has 6 nitrogen and oxygen atoms in total. The van der Waals surface area contributed by atoms with E-state index in [0.29, 0.717) is 44.8 Å². The summed E-state index contributed by atoms with van der Waals surface area (Å²) in [4.78, 5) is 17.4. The average molecular weight is 473 g/mol. The van der Waals surface area contributed by atoms with Crippen molar-refractivity contribution in [3.8, 4) is 0 Å². The molecular weight excluding hydrogens is 455 g/mol. The molecule has 0 aliphatic rings. The lowest BCUT2D eigenvalue weighted by Gasteiger charge is -2.07. The minimum Gasteiger partial charge on any atom is -0.380 e. The number of ether oxygens (including phenoxy) is 1. The molecule has 29 heavy (non-hydrogen) atoms. The first kappa shape index (κ1) is 22.0. The van der Waals surface area contributed by atoms with Crippen LogP contribution in [0, 0.1) is 0 Å². The minimum atomic E-state index is -3.43. The van der Waals surface area contributed by atoms with E-state index >= 15 is 0 Å². The van der Waals surface area contributed by atoms with Crippen LogP contribution in [0.25, 0.3) is 10.2 Å². The molecule has 0 aliphatic heterocycles. The van der Waals surface area contributed by atoms with Gasteiger partial charge in [0.05, 0.1) is 31.8 Å². The Morgan fingerprint density at radius 1 is 1.21 bits per heavy atom. The normalized spacial score (nSPS) is 12.6. The van der Waals surface area contributed by atoms with Gasteiger partial charge in [-0.15, -0.1) is 0 Å². The zero-order valence-corrected chi connectivity index (χ0v) is 18.8. The molecule has 0 saturated heterocycles. The van der Waals surface area contributed by atoms with Gasteiger partial charge in [0.15, 0.2) is 14.6 Å². The van der Waals surface area contributed by atoms with Gasteiger partial charge in [-0.3, -0.25) is 4.79 Å². The van der Waals surface area contributed by atoms with Crippen molar-refractivity contribution >= 4 is 60.5 Å². The maximum Gasteiger partial charge on any atom is 0.279 e. The molecule has 2 aromatic carbocycles. The quantitative estimate of drug-likeness (QED) is 0.503. The van der Waals surface area contributed by atoms with E-state index in [1.165, 1.54) is 35.6 Å². The van der Waals surface area contributed by atoms with E-state index in [4.69, 9.17) is 27.9 Å². The molecular formula is C19H18Cl2N2O4S2. The molecule has 0 radical (unpaired) electrons. The lowest BCUT2D eigenvalue weighted by Crippen LogP contribution is -2.20. The Kier molecular flexibility index (Phi) is 6.80. The summed E-state index contributed by atoms with van der Waals surface area (Å²) >= 11 is 13.9. The lowest BCUT2D eigenvalue weighted by molar-refractivity contribution is 0.0996. The average Bonchev–Trinajstić information content (AvgIpc) is 3.04. The molecule has 0 spiro atoms. The largest absolute Gasteiger partial charge is 0.380 e. The van der Waals surface area contributed by atoms with Crippen molar-refractivity contribution in [1.29, 1.82) is 0 Å². The summed E-state index contributed by atoms with van der Waals surface area (Å²) in [7, 11) is -3.43. The predicted octanol–water partition coefficient (Wildman–Crippen LogP) is 4.19. The van der Waals surface area contributed by atoms with Gasteiger partial charge in [-0.05, 0) is 37.3 Å². The van der Waals surface area contributed by atoms with Crippen LogP contribution >= 0.6 is 34.5 Å². The standard InChI is InChI=1S/C19H18Cl2N2O4S2/c1-3-27-10-9-23-16-14(20)7-8-15(21)17(16)28-19(23)22-18(24)12-5-4-6-13(11-12)29(2,25)26/h4-8,11H,3,9-10H2,1-2H3. The highest BCUT2D eigenvalue weighted by Crippen LogP contribution is 2.31. The predicted molar refractivity (Wildman–Crippen MR) is 116 cm³/mol. The topological polar surface area (TPSA) is 77.7 Å². The maximum absolute atomic E-state index is 12.8. The van der Waals surface area contributed by atoms with Crippen LogP contribution in [-0.2, 0) is 21.1 Å². The van der Waals surface area contributed by atoms with Crippen LogP contribution in [-0.4, -0.2) is 38.4 Å². The third kappa shape index (κ3) is 4.90. The Balaban J connectivity index is 2.14. The van der Waals surface area contributed by atoms with Crippen LogP contribution in [0.4, 0.5) is 0 Å². The second-order valence-corrected chi connectivity index (χ2v) is 9.96. The fraction of sp³-hybridized carbons (Fsp3) is 0.263. The van der Waals surface area contributed by atoms with Crippen LogP contribution in [0.5, 0.6) is 0 Å². The summed E-state index contributed by atoms with van der Waals surface area (Å²) in [5, 5.41) is 0.998. The van der Waals surface area contributed by atoms with Gasteiger partial charge in [0.1, 0.15) is 0 Å². The maximum atomic E-state index is 12.8. The number of thiazole rings is 1. The van der Waals surface area contributed by atoms with Gasteiger partial charge in [-0.1, -0.05) is 40.6 Å². The SMILES string of the molecule is CCOCCn1c(=NC(=O)c2cccc(S(C)(=O)=O)c2)sc2c(Cl)ccc(Cl)c21. The van der Waals surface area contributed by atoms with Gasteiger partial charge in [-0.2, -0.15) is 4.99 Å². The summed E-state index contributed by atoms with van der Waals surface area (Å²) in [5.74, 6) is -0.556. The van der Waals surface area contributed by atoms with Crippen molar-refractivity contribution in [3.63, 3.8) is 0 Å². The number of rotatable bonds is 6. The highest BCUT2D eigenvalue weighted by Gasteiger charge is 2.15. The number of hydrogen-bond donors (Lipinski definition) is 0. The minimum absolute atomic E-state index is 0.0604. The van der Waals surface area contributed by atoms with Crippen LogP contribution in [0.2, 0.25) is 10.0 Å². The molecule has 1 amide bonds. The van der Waals surface area contributed by atoms with E-state index in [-0.39, 0.29) is 10.5 Å². The Morgan fingerprint density at radius 3 is 2.62 bits per heavy atom. The lowest BCUT2D eigenvalue weighted by atomic mass is 10.2. The van der Waals surface area contributed by atoms with Crippen LogP contribution in [0.1, 0.15) is 17.3 Å². The Morgan fingerprint density at radius 2 is 1.93 bits per heavy atom. The molecule has 0 N–H and O–H groups in total. The van der Waals surface area contributed by atoms with Crippen molar-refractivity contribution in [1.82, 2.24) is 4.57 Å². The summed E-state index contributed by atoms with van der Waals surface area (Å²) in [6, 6.07) is 9.18. The first-order valence-electron chi connectivity index (χ1n) is 8.66. The fourth-order valence-electron chi connectivity index (χ4n) is 2.72. The highest BCUT2D eigenvalue weighted by molar-refractivity contribution is 7.90. The Labute approximate surface area is 182 Å². The van der Waals surface area contributed by atoms with Gasteiger partial charge in [-0.25, -0.2) is 8.42 Å². The van der Waals surface area contributed by atoms with Crippen LogP contribution in [0.3, 0.4) is 0 Å². The molecule has 154 valence electrons. The van der Waals surface area contributed by atoms with E-state index in [1.807, 2.05) is 6.92 Å². The molecule has 1 aromatic heterocycles. The molecule has 0 fully saturated rings. The number of carbonyl (C=O) groups is 1. The van der Waals surface area contributed by atoms with E-state index < -0.39 is 15.7 Å². The molecule has 0 aliphatic carbocycles. The van der Waals surface area contributed by atoms with E-state index in [9.17, 15) is 13.2 Å². The highest BCUT2D eigenvalue weighted by atomic mass is 35.5. The second kappa shape index (κ2) is 8.97. The summed E-state index contributed by atoms with van der Waals surface area (Å²) in [5.41, 5.74) is 0.860. The molecule has 0 unspecified atom stereocenters. The first-order chi connectivity index (χ1) is 13.7. The van der Waals surface area contributed by atoms with E-state index in [1.54, 1.807) is 16.7 Å².